The van der Waals surface area contributed by atoms with Crippen LogP contribution in [0.4, 0.5) is 0 Å². The van der Waals surface area contributed by atoms with Crippen molar-refractivity contribution in [3.8, 4) is 5.75 Å². The van der Waals surface area contributed by atoms with Crippen molar-refractivity contribution in [2.24, 2.45) is 11.7 Å². The average Bonchev–Trinajstić information content (AvgIpc) is 2.82. The van der Waals surface area contributed by atoms with Crippen LogP contribution in [0.15, 0.2) is 83.8 Å². The maximum atomic E-state index is 12.6. The summed E-state index contributed by atoms with van der Waals surface area (Å²) in [6.07, 6.45) is 0.687. The van der Waals surface area contributed by atoms with Gasteiger partial charge in [0.25, 0.3) is 0 Å². The van der Waals surface area contributed by atoms with Gasteiger partial charge in [0.15, 0.2) is 0 Å². The van der Waals surface area contributed by atoms with Crippen LogP contribution in [0.5, 0.6) is 5.75 Å². The van der Waals surface area contributed by atoms with E-state index in [9.17, 15) is 13.2 Å². The van der Waals surface area contributed by atoms with Gasteiger partial charge >= 0.3 is 16.1 Å². The highest BCUT2D eigenvalue weighted by Crippen LogP contribution is 2.32. The summed E-state index contributed by atoms with van der Waals surface area (Å²) in [7, 11) is -3.94. The van der Waals surface area contributed by atoms with Gasteiger partial charge in [-0.2, -0.15) is 8.42 Å². The van der Waals surface area contributed by atoms with E-state index in [0.29, 0.717) is 13.0 Å². The summed E-state index contributed by atoms with van der Waals surface area (Å²) in [4.78, 5) is 12.5. The van der Waals surface area contributed by atoms with Gasteiger partial charge in [-0.1, -0.05) is 60.2 Å². The molecule has 2 N–H and O–H groups in total. The molecular weight excluding hydrogens is 462 g/mol. The van der Waals surface area contributed by atoms with Crippen molar-refractivity contribution in [3.63, 3.8) is 0 Å². The Bertz CT molecular complexity index is 1190. The first kappa shape index (κ1) is 26.4. The van der Waals surface area contributed by atoms with Crippen LogP contribution in [-0.2, 0) is 26.1 Å². The zero-order valence-electron chi connectivity index (χ0n) is 20.4. The van der Waals surface area contributed by atoms with Gasteiger partial charge in [0.1, 0.15) is 10.6 Å². The number of carbonyl (C=O) groups excluding carboxylic acids is 1. The molecule has 3 aromatic rings. The van der Waals surface area contributed by atoms with Crippen molar-refractivity contribution in [2.45, 2.75) is 50.5 Å². The molecule has 2 unspecified atom stereocenters. The fourth-order valence-electron chi connectivity index (χ4n) is 3.99. The molecule has 35 heavy (non-hydrogen) atoms. The Morgan fingerprint density at radius 1 is 0.914 bits per heavy atom. The maximum absolute atomic E-state index is 12.6. The Hall–Kier alpha value is -3.16. The highest BCUT2D eigenvalue weighted by Gasteiger charge is 2.26. The largest absolute Gasteiger partial charge is 0.463 e. The van der Waals surface area contributed by atoms with Crippen molar-refractivity contribution in [2.75, 3.05) is 6.54 Å². The molecule has 0 saturated heterocycles. The molecule has 0 aliphatic rings. The van der Waals surface area contributed by atoms with Gasteiger partial charge in [0, 0.05) is 0 Å². The molecule has 0 saturated carbocycles. The molecule has 0 heterocycles. The molecular formula is C28H33NO5S. The Labute approximate surface area is 208 Å². The van der Waals surface area contributed by atoms with Gasteiger partial charge in [-0.15, -0.1) is 0 Å². The van der Waals surface area contributed by atoms with Crippen LogP contribution < -0.4 is 9.92 Å². The number of hydrogen-bond donors (Lipinski definition) is 1. The number of esters is 1. The Morgan fingerprint density at radius 2 is 1.54 bits per heavy atom. The Kier molecular flexibility index (Phi) is 9.07. The van der Waals surface area contributed by atoms with E-state index in [0.717, 1.165) is 16.7 Å². The SMILES string of the molecule is Cc1ccc(S(=O)(=O)Oc2ccc(C(Cc3ccccc3)C(CN)CC(=O)OC(C)C)cc2)cc1. The second-order valence-electron chi connectivity index (χ2n) is 8.95. The second-order valence-corrected chi connectivity index (χ2v) is 10.5. The number of ether oxygens (including phenoxy) is 1. The van der Waals surface area contributed by atoms with Crippen LogP contribution in [0.25, 0.3) is 0 Å². The summed E-state index contributed by atoms with van der Waals surface area (Å²) < 4.78 is 36.0. The molecule has 0 fully saturated rings. The standard InChI is InChI=1S/C28H33NO5S/c1-20(2)33-28(30)18-24(19-29)27(17-22-7-5-4-6-8-22)23-11-13-25(14-12-23)34-35(31,32)26-15-9-21(3)10-16-26/h4-16,20,24,27H,17-19,29H2,1-3H3. The second kappa shape index (κ2) is 12.0. The van der Waals surface area contributed by atoms with E-state index < -0.39 is 10.1 Å². The lowest BCUT2D eigenvalue weighted by Crippen LogP contribution is -2.28. The van der Waals surface area contributed by atoms with Gasteiger partial charge in [-0.3, -0.25) is 4.79 Å². The summed E-state index contributed by atoms with van der Waals surface area (Å²) in [5.74, 6) is -0.275. The zero-order chi connectivity index (χ0) is 25.4. The molecule has 186 valence electrons. The van der Waals surface area contributed by atoms with Crippen molar-refractivity contribution in [1.82, 2.24) is 0 Å². The number of aryl methyl sites for hydroxylation is 1. The van der Waals surface area contributed by atoms with Crippen LogP contribution in [0, 0.1) is 12.8 Å². The van der Waals surface area contributed by atoms with Gasteiger partial charge < -0.3 is 14.7 Å². The van der Waals surface area contributed by atoms with E-state index in [1.54, 1.807) is 24.3 Å². The third-order valence-corrected chi connectivity index (χ3v) is 7.05. The van der Waals surface area contributed by atoms with Crippen molar-refractivity contribution >= 4 is 16.1 Å². The summed E-state index contributed by atoms with van der Waals surface area (Å²) in [5, 5.41) is 0. The highest BCUT2D eigenvalue weighted by atomic mass is 32.2. The van der Waals surface area contributed by atoms with E-state index >= 15 is 0 Å². The lowest BCUT2D eigenvalue weighted by molar-refractivity contribution is -0.148. The Balaban J connectivity index is 1.84. The normalized spacial score (nSPS) is 13.3. The van der Waals surface area contributed by atoms with Gasteiger partial charge in [0.2, 0.25) is 0 Å². The molecule has 0 aliphatic carbocycles. The van der Waals surface area contributed by atoms with Crippen LogP contribution in [0.1, 0.15) is 42.9 Å². The predicted octanol–water partition coefficient (Wildman–Crippen LogP) is 5.01. The molecule has 0 spiro atoms. The van der Waals surface area contributed by atoms with Crippen LogP contribution in [-0.4, -0.2) is 27.0 Å². The summed E-state index contributed by atoms with van der Waals surface area (Å²) in [6, 6.07) is 23.4. The molecule has 0 aliphatic heterocycles. The summed E-state index contributed by atoms with van der Waals surface area (Å²) >= 11 is 0. The van der Waals surface area contributed by atoms with Gasteiger partial charge in [0.05, 0.1) is 12.5 Å². The molecule has 0 aromatic heterocycles. The minimum absolute atomic E-state index is 0.0649. The lowest BCUT2D eigenvalue weighted by atomic mass is 9.80. The number of nitrogens with two attached hydrogens (primary N) is 1. The number of benzene rings is 3. The third kappa shape index (κ3) is 7.67. The highest BCUT2D eigenvalue weighted by molar-refractivity contribution is 7.87. The number of hydrogen-bond acceptors (Lipinski definition) is 6. The van der Waals surface area contributed by atoms with Crippen molar-refractivity contribution in [3.05, 3.63) is 95.6 Å². The summed E-state index contributed by atoms with van der Waals surface area (Å²) in [6.45, 7) is 5.84. The molecule has 6 nitrogen and oxygen atoms in total. The number of rotatable bonds is 11. The third-order valence-electron chi connectivity index (χ3n) is 5.79. The van der Waals surface area contributed by atoms with Crippen molar-refractivity contribution in [1.29, 1.82) is 0 Å². The van der Waals surface area contributed by atoms with Crippen LogP contribution >= 0.6 is 0 Å². The molecule has 3 rings (SSSR count). The maximum Gasteiger partial charge on any atom is 0.339 e. The quantitative estimate of drug-likeness (QED) is 0.297. The first-order chi connectivity index (χ1) is 16.7. The number of carbonyl (C=O) groups is 1. The first-order valence-corrected chi connectivity index (χ1v) is 13.1. The topological polar surface area (TPSA) is 95.7 Å². The molecule has 0 radical (unpaired) electrons. The van der Waals surface area contributed by atoms with E-state index in [1.807, 2.05) is 63.2 Å². The fourth-order valence-corrected chi connectivity index (χ4v) is 4.92. The van der Waals surface area contributed by atoms with Crippen molar-refractivity contribution < 1.29 is 22.1 Å². The molecule has 2 atom stereocenters. The minimum atomic E-state index is -3.94. The van der Waals surface area contributed by atoms with E-state index in [-0.39, 0.29) is 41.0 Å². The van der Waals surface area contributed by atoms with E-state index in [1.165, 1.54) is 12.1 Å². The monoisotopic (exact) mass is 495 g/mol. The lowest BCUT2D eigenvalue weighted by Gasteiger charge is -2.27. The molecule has 0 amide bonds. The summed E-state index contributed by atoms with van der Waals surface area (Å²) in [5.41, 5.74) is 9.15. The van der Waals surface area contributed by atoms with E-state index in [4.69, 9.17) is 14.7 Å². The van der Waals surface area contributed by atoms with E-state index in [2.05, 4.69) is 0 Å². The molecule has 3 aromatic carbocycles. The first-order valence-electron chi connectivity index (χ1n) is 11.7. The molecule has 0 bridgehead atoms. The smallest absolute Gasteiger partial charge is 0.339 e. The van der Waals surface area contributed by atoms with Crippen LogP contribution in [0.2, 0.25) is 0 Å². The van der Waals surface area contributed by atoms with Gasteiger partial charge in [-0.05, 0) is 81.0 Å². The van der Waals surface area contributed by atoms with Gasteiger partial charge in [-0.25, -0.2) is 0 Å². The van der Waals surface area contributed by atoms with Crippen LogP contribution in [0.3, 0.4) is 0 Å². The fraction of sp³-hybridized carbons (Fsp3) is 0.321. The zero-order valence-corrected chi connectivity index (χ0v) is 21.2. The average molecular weight is 496 g/mol. The Morgan fingerprint density at radius 3 is 2.11 bits per heavy atom. The minimum Gasteiger partial charge on any atom is -0.463 e. The molecule has 7 heteroatoms. The predicted molar refractivity (Wildman–Crippen MR) is 137 cm³/mol.